The third-order valence-corrected chi connectivity index (χ3v) is 5.70. The molecule has 1 aromatic heterocycles. The van der Waals surface area contributed by atoms with E-state index in [1.165, 1.54) is 25.9 Å². The van der Waals surface area contributed by atoms with Crippen molar-refractivity contribution in [3.63, 3.8) is 0 Å². The van der Waals surface area contributed by atoms with Crippen LogP contribution < -0.4 is 4.74 Å². The number of thiophene rings is 1. The lowest BCUT2D eigenvalue weighted by Crippen LogP contribution is -2.25. The molecule has 0 unspecified atom stereocenters. The van der Waals surface area contributed by atoms with Crippen LogP contribution in [0.25, 0.3) is 20.5 Å². The SMILES string of the molecule is Oc1cccc2sc(-c3ccc(OCCN4CCCC4)cc3)cc12. The van der Waals surface area contributed by atoms with Crippen LogP contribution >= 0.6 is 11.3 Å². The van der Waals surface area contributed by atoms with Gasteiger partial charge in [-0.05, 0) is 74.0 Å². The van der Waals surface area contributed by atoms with Crippen LogP contribution in [0.5, 0.6) is 11.5 Å². The van der Waals surface area contributed by atoms with Gasteiger partial charge in [-0.15, -0.1) is 11.3 Å². The second kappa shape index (κ2) is 6.83. The Morgan fingerprint density at radius 1 is 1.04 bits per heavy atom. The topological polar surface area (TPSA) is 32.7 Å². The fourth-order valence-corrected chi connectivity index (χ4v) is 4.29. The van der Waals surface area contributed by atoms with Crippen LogP contribution in [0.2, 0.25) is 0 Å². The van der Waals surface area contributed by atoms with E-state index in [0.717, 1.165) is 39.4 Å². The Morgan fingerprint density at radius 2 is 1.83 bits per heavy atom. The molecule has 2 aromatic carbocycles. The molecule has 0 saturated carbocycles. The molecule has 0 aliphatic carbocycles. The van der Waals surface area contributed by atoms with Crippen molar-refractivity contribution in [2.45, 2.75) is 12.8 Å². The summed E-state index contributed by atoms with van der Waals surface area (Å²) >= 11 is 1.70. The Labute approximate surface area is 146 Å². The van der Waals surface area contributed by atoms with E-state index in [1.807, 2.05) is 24.3 Å². The maximum atomic E-state index is 9.95. The first-order chi connectivity index (χ1) is 11.8. The standard InChI is InChI=1S/C20H21NO2S/c22-18-4-3-5-19-17(18)14-20(24-19)15-6-8-16(9-7-15)23-13-12-21-10-1-2-11-21/h3-9,14,22H,1-2,10-13H2. The molecule has 0 bridgehead atoms. The number of benzene rings is 2. The van der Waals surface area contributed by atoms with Crippen LogP contribution in [0.15, 0.2) is 48.5 Å². The van der Waals surface area contributed by atoms with Gasteiger partial charge in [0.2, 0.25) is 0 Å². The number of phenolic OH excluding ortho intramolecular Hbond substituents is 1. The lowest BCUT2D eigenvalue weighted by atomic mass is 10.1. The summed E-state index contributed by atoms with van der Waals surface area (Å²) in [6, 6.07) is 16.0. The molecule has 1 fully saturated rings. The highest BCUT2D eigenvalue weighted by Gasteiger charge is 2.11. The lowest BCUT2D eigenvalue weighted by Gasteiger charge is -2.14. The maximum Gasteiger partial charge on any atom is 0.124 e. The van der Waals surface area contributed by atoms with E-state index < -0.39 is 0 Å². The van der Waals surface area contributed by atoms with Crippen molar-refractivity contribution in [3.8, 4) is 21.9 Å². The third kappa shape index (κ3) is 3.25. The summed E-state index contributed by atoms with van der Waals surface area (Å²) in [5, 5.41) is 10.9. The van der Waals surface area contributed by atoms with Gasteiger partial charge in [0.1, 0.15) is 18.1 Å². The van der Waals surface area contributed by atoms with Crippen molar-refractivity contribution < 1.29 is 9.84 Å². The van der Waals surface area contributed by atoms with Gasteiger partial charge in [0.25, 0.3) is 0 Å². The zero-order valence-electron chi connectivity index (χ0n) is 13.6. The number of nitrogens with zero attached hydrogens (tertiary/aromatic N) is 1. The van der Waals surface area contributed by atoms with E-state index in [9.17, 15) is 5.11 Å². The highest BCUT2D eigenvalue weighted by Crippen LogP contribution is 2.37. The smallest absolute Gasteiger partial charge is 0.124 e. The number of ether oxygens (including phenoxy) is 1. The molecule has 0 amide bonds. The largest absolute Gasteiger partial charge is 0.507 e. The monoisotopic (exact) mass is 339 g/mol. The molecule has 1 N–H and O–H groups in total. The van der Waals surface area contributed by atoms with Gasteiger partial charge in [0.05, 0.1) is 0 Å². The van der Waals surface area contributed by atoms with Gasteiger partial charge in [-0.1, -0.05) is 6.07 Å². The number of likely N-dealkylation sites (tertiary alicyclic amines) is 1. The van der Waals surface area contributed by atoms with E-state index in [1.54, 1.807) is 17.4 Å². The lowest BCUT2D eigenvalue weighted by molar-refractivity contribution is 0.238. The zero-order valence-corrected chi connectivity index (χ0v) is 14.4. The fraction of sp³-hybridized carbons (Fsp3) is 0.300. The van der Waals surface area contributed by atoms with Crippen molar-refractivity contribution in [2.24, 2.45) is 0 Å². The molecule has 0 radical (unpaired) electrons. The minimum Gasteiger partial charge on any atom is -0.507 e. The molecule has 1 saturated heterocycles. The summed E-state index contributed by atoms with van der Waals surface area (Å²) in [7, 11) is 0. The molecule has 4 heteroatoms. The van der Waals surface area contributed by atoms with E-state index in [-0.39, 0.29) is 0 Å². The van der Waals surface area contributed by atoms with Gasteiger partial charge in [-0.2, -0.15) is 0 Å². The van der Waals surface area contributed by atoms with Crippen molar-refractivity contribution in [1.82, 2.24) is 4.90 Å². The number of fused-ring (bicyclic) bond motifs is 1. The molecule has 124 valence electrons. The molecule has 24 heavy (non-hydrogen) atoms. The molecular formula is C20H21NO2S. The first-order valence-electron chi connectivity index (χ1n) is 8.47. The Kier molecular flexibility index (Phi) is 4.41. The normalized spacial score (nSPS) is 15.2. The Hall–Kier alpha value is -2.04. The third-order valence-electron chi connectivity index (χ3n) is 4.55. The van der Waals surface area contributed by atoms with Crippen LogP contribution in [-0.4, -0.2) is 36.2 Å². The number of hydrogen-bond acceptors (Lipinski definition) is 4. The number of aromatic hydroxyl groups is 1. The minimum atomic E-state index is 0.344. The molecule has 0 spiro atoms. The highest BCUT2D eigenvalue weighted by atomic mass is 32.1. The fourth-order valence-electron chi connectivity index (χ4n) is 3.20. The Balaban J connectivity index is 1.43. The zero-order chi connectivity index (χ0) is 16.4. The minimum absolute atomic E-state index is 0.344. The summed E-state index contributed by atoms with van der Waals surface area (Å²) in [6.45, 7) is 4.18. The summed E-state index contributed by atoms with van der Waals surface area (Å²) < 4.78 is 6.97. The average molecular weight is 339 g/mol. The van der Waals surface area contributed by atoms with Gasteiger partial charge in [0, 0.05) is 21.5 Å². The number of rotatable bonds is 5. The molecule has 1 aliphatic heterocycles. The Morgan fingerprint density at radius 3 is 2.58 bits per heavy atom. The highest BCUT2D eigenvalue weighted by molar-refractivity contribution is 7.22. The first kappa shape index (κ1) is 15.5. The molecular weight excluding hydrogens is 318 g/mol. The van der Waals surface area contributed by atoms with Crippen molar-refractivity contribution in [1.29, 1.82) is 0 Å². The first-order valence-corrected chi connectivity index (χ1v) is 9.28. The van der Waals surface area contributed by atoms with Crippen molar-refractivity contribution in [2.75, 3.05) is 26.2 Å². The summed E-state index contributed by atoms with van der Waals surface area (Å²) in [6.07, 6.45) is 2.64. The quantitative estimate of drug-likeness (QED) is 0.728. The predicted octanol–water partition coefficient (Wildman–Crippen LogP) is 4.75. The summed E-state index contributed by atoms with van der Waals surface area (Å²) in [5.41, 5.74) is 1.16. The summed E-state index contributed by atoms with van der Waals surface area (Å²) in [4.78, 5) is 3.62. The number of phenols is 1. The van der Waals surface area contributed by atoms with Gasteiger partial charge in [-0.25, -0.2) is 0 Å². The molecule has 0 atom stereocenters. The van der Waals surface area contributed by atoms with E-state index in [4.69, 9.17) is 4.74 Å². The van der Waals surface area contributed by atoms with Crippen molar-refractivity contribution in [3.05, 3.63) is 48.5 Å². The Bertz CT molecular complexity index is 819. The molecule has 3 aromatic rings. The summed E-state index contributed by atoms with van der Waals surface area (Å²) in [5.74, 6) is 1.26. The van der Waals surface area contributed by atoms with Gasteiger partial charge >= 0.3 is 0 Å². The van der Waals surface area contributed by atoms with E-state index in [2.05, 4.69) is 23.1 Å². The maximum absolute atomic E-state index is 9.95. The number of hydrogen-bond donors (Lipinski definition) is 1. The van der Waals surface area contributed by atoms with Crippen LogP contribution in [0.1, 0.15) is 12.8 Å². The molecule has 1 aliphatic rings. The van der Waals surface area contributed by atoms with Gasteiger partial charge in [0.15, 0.2) is 0 Å². The second-order valence-corrected chi connectivity index (χ2v) is 7.30. The predicted molar refractivity (Wildman–Crippen MR) is 100 cm³/mol. The van der Waals surface area contributed by atoms with Crippen LogP contribution in [0.4, 0.5) is 0 Å². The molecule has 3 nitrogen and oxygen atoms in total. The van der Waals surface area contributed by atoms with Gasteiger partial charge < -0.3 is 9.84 Å². The average Bonchev–Trinajstić information content (AvgIpc) is 3.25. The van der Waals surface area contributed by atoms with E-state index in [0.29, 0.717) is 5.75 Å². The van der Waals surface area contributed by atoms with Crippen LogP contribution in [0, 0.1) is 0 Å². The van der Waals surface area contributed by atoms with Crippen LogP contribution in [0.3, 0.4) is 0 Å². The van der Waals surface area contributed by atoms with Gasteiger partial charge in [-0.3, -0.25) is 4.90 Å². The molecule has 4 rings (SSSR count). The molecule has 2 heterocycles. The van der Waals surface area contributed by atoms with Crippen molar-refractivity contribution >= 4 is 21.4 Å². The van der Waals surface area contributed by atoms with Crippen LogP contribution in [-0.2, 0) is 0 Å². The van der Waals surface area contributed by atoms with E-state index >= 15 is 0 Å². The second-order valence-electron chi connectivity index (χ2n) is 6.22.